The Kier molecular flexibility index (Phi) is 3.72. The first kappa shape index (κ1) is 12.9. The Morgan fingerprint density at radius 2 is 1.89 bits per heavy atom. The van der Waals surface area contributed by atoms with E-state index in [0.717, 1.165) is 23.7 Å². The molecule has 0 aromatic heterocycles. The van der Waals surface area contributed by atoms with Gasteiger partial charge < -0.3 is 9.31 Å². The Balaban J connectivity index is 1.56. The number of fused-ring (bicyclic) bond motifs is 1. The van der Waals surface area contributed by atoms with Gasteiger partial charge in [-0.05, 0) is 43.4 Å². The van der Waals surface area contributed by atoms with Crippen molar-refractivity contribution >= 4 is 7.12 Å². The summed E-state index contributed by atoms with van der Waals surface area (Å²) < 4.78 is 11.9. The van der Waals surface area contributed by atoms with E-state index in [9.17, 15) is 0 Å². The van der Waals surface area contributed by atoms with Gasteiger partial charge in [-0.15, -0.1) is 0 Å². The van der Waals surface area contributed by atoms with Gasteiger partial charge in [0, 0.05) is 6.32 Å². The number of benzene rings is 1. The number of hydrogen-bond donors (Lipinski definition) is 0. The predicted octanol–water partition coefficient (Wildman–Crippen LogP) is 4.53. The average molecular weight is 258 g/mol. The zero-order valence-electron chi connectivity index (χ0n) is 12.1. The molecule has 1 heterocycles. The summed E-state index contributed by atoms with van der Waals surface area (Å²) in [6, 6.07) is 4.24. The highest BCUT2D eigenvalue weighted by molar-refractivity contribution is 6.47. The SMILES string of the molecule is Cc1cc(C)c2c(c1)OB(CCC1CCCCC1)O2. The van der Waals surface area contributed by atoms with E-state index in [1.807, 2.05) is 0 Å². The first-order chi connectivity index (χ1) is 9.22. The van der Waals surface area contributed by atoms with Crippen molar-refractivity contribution < 1.29 is 9.31 Å². The molecule has 1 saturated carbocycles. The van der Waals surface area contributed by atoms with Crippen LogP contribution in [0.3, 0.4) is 0 Å². The Bertz CT molecular complexity index is 452. The molecule has 1 aromatic carbocycles. The highest BCUT2D eigenvalue weighted by atomic mass is 16.6. The zero-order chi connectivity index (χ0) is 13.2. The highest BCUT2D eigenvalue weighted by Crippen LogP contribution is 2.39. The van der Waals surface area contributed by atoms with Gasteiger partial charge in [-0.3, -0.25) is 0 Å². The van der Waals surface area contributed by atoms with Crippen molar-refractivity contribution in [2.45, 2.75) is 58.7 Å². The van der Waals surface area contributed by atoms with Crippen LogP contribution in [0.2, 0.25) is 6.32 Å². The van der Waals surface area contributed by atoms with Crippen molar-refractivity contribution in [3.05, 3.63) is 23.3 Å². The van der Waals surface area contributed by atoms with Crippen LogP contribution in [-0.4, -0.2) is 7.12 Å². The summed E-state index contributed by atoms with van der Waals surface area (Å²) in [5.74, 6) is 2.79. The fourth-order valence-corrected chi connectivity index (χ4v) is 3.42. The molecule has 0 atom stereocenters. The van der Waals surface area contributed by atoms with Gasteiger partial charge in [0.25, 0.3) is 0 Å². The van der Waals surface area contributed by atoms with Crippen molar-refractivity contribution in [3.8, 4) is 11.5 Å². The number of hydrogen-bond acceptors (Lipinski definition) is 2. The lowest BCUT2D eigenvalue weighted by molar-refractivity contribution is 0.342. The largest absolute Gasteiger partial charge is 0.594 e. The van der Waals surface area contributed by atoms with Crippen molar-refractivity contribution in [1.29, 1.82) is 0 Å². The minimum Gasteiger partial charge on any atom is -0.523 e. The molecule has 0 amide bonds. The topological polar surface area (TPSA) is 18.5 Å². The van der Waals surface area contributed by atoms with Gasteiger partial charge in [0.15, 0.2) is 0 Å². The molecular weight excluding hydrogens is 235 g/mol. The molecule has 0 bridgehead atoms. The normalized spacial score (nSPS) is 18.9. The third kappa shape index (κ3) is 2.91. The standard InChI is InChI=1S/C16H23BO2/c1-12-10-13(2)16-15(11-12)18-17(19-16)9-8-14-6-4-3-5-7-14/h10-11,14H,3-9H2,1-2H3. The van der Waals surface area contributed by atoms with E-state index in [-0.39, 0.29) is 7.12 Å². The van der Waals surface area contributed by atoms with Crippen LogP contribution in [0.4, 0.5) is 0 Å². The monoisotopic (exact) mass is 258 g/mol. The quantitative estimate of drug-likeness (QED) is 0.741. The Labute approximate surface area is 116 Å². The second kappa shape index (κ2) is 5.48. The van der Waals surface area contributed by atoms with Crippen molar-refractivity contribution in [2.24, 2.45) is 5.92 Å². The van der Waals surface area contributed by atoms with Crippen LogP contribution in [0.15, 0.2) is 12.1 Å². The van der Waals surface area contributed by atoms with E-state index in [1.165, 1.54) is 49.7 Å². The summed E-state index contributed by atoms with van der Waals surface area (Å²) in [5.41, 5.74) is 2.43. The molecule has 102 valence electrons. The van der Waals surface area contributed by atoms with Gasteiger partial charge in [-0.1, -0.05) is 38.2 Å². The molecule has 1 fully saturated rings. The Morgan fingerprint density at radius 1 is 1.11 bits per heavy atom. The maximum absolute atomic E-state index is 5.96. The molecule has 0 spiro atoms. The molecule has 0 N–H and O–H groups in total. The highest BCUT2D eigenvalue weighted by Gasteiger charge is 2.33. The maximum atomic E-state index is 5.96. The van der Waals surface area contributed by atoms with E-state index in [0.29, 0.717) is 0 Å². The summed E-state index contributed by atoms with van der Waals surface area (Å²) in [6.07, 6.45) is 9.33. The van der Waals surface area contributed by atoms with Crippen LogP contribution in [0.1, 0.15) is 49.7 Å². The van der Waals surface area contributed by atoms with E-state index in [4.69, 9.17) is 9.31 Å². The summed E-state index contributed by atoms with van der Waals surface area (Å²) in [6.45, 7) is 4.20. The smallest absolute Gasteiger partial charge is 0.523 e. The Hall–Kier alpha value is -1.12. The minimum atomic E-state index is -0.0579. The molecule has 1 aliphatic carbocycles. The summed E-state index contributed by atoms with van der Waals surface area (Å²) in [5, 5.41) is 0. The number of rotatable bonds is 3. The van der Waals surface area contributed by atoms with E-state index < -0.39 is 0 Å². The summed E-state index contributed by atoms with van der Waals surface area (Å²) in [4.78, 5) is 0. The van der Waals surface area contributed by atoms with Crippen molar-refractivity contribution in [3.63, 3.8) is 0 Å². The molecule has 19 heavy (non-hydrogen) atoms. The van der Waals surface area contributed by atoms with Crippen molar-refractivity contribution in [1.82, 2.24) is 0 Å². The molecule has 1 aliphatic heterocycles. The van der Waals surface area contributed by atoms with Gasteiger partial charge in [-0.25, -0.2) is 0 Å². The maximum Gasteiger partial charge on any atom is 0.594 e. The molecular formula is C16H23BO2. The molecule has 0 saturated heterocycles. The second-order valence-electron chi connectivity index (χ2n) is 6.16. The molecule has 0 radical (unpaired) electrons. The van der Waals surface area contributed by atoms with Gasteiger partial charge in [0.2, 0.25) is 0 Å². The van der Waals surface area contributed by atoms with Gasteiger partial charge >= 0.3 is 7.12 Å². The molecule has 2 nitrogen and oxygen atoms in total. The van der Waals surface area contributed by atoms with E-state index >= 15 is 0 Å². The molecule has 1 aromatic rings. The van der Waals surface area contributed by atoms with Crippen LogP contribution >= 0.6 is 0 Å². The van der Waals surface area contributed by atoms with Crippen LogP contribution in [0.5, 0.6) is 11.5 Å². The second-order valence-corrected chi connectivity index (χ2v) is 6.16. The first-order valence-corrected chi connectivity index (χ1v) is 7.67. The summed E-state index contributed by atoms with van der Waals surface area (Å²) >= 11 is 0. The third-order valence-corrected chi connectivity index (χ3v) is 4.43. The zero-order valence-corrected chi connectivity index (χ0v) is 12.1. The van der Waals surface area contributed by atoms with Gasteiger partial charge in [-0.2, -0.15) is 0 Å². The fourth-order valence-electron chi connectivity index (χ4n) is 3.42. The summed E-state index contributed by atoms with van der Waals surface area (Å²) in [7, 11) is -0.0579. The fraction of sp³-hybridized carbons (Fsp3) is 0.625. The van der Waals surface area contributed by atoms with Crippen LogP contribution < -0.4 is 9.31 Å². The van der Waals surface area contributed by atoms with E-state index in [1.54, 1.807) is 0 Å². The molecule has 3 rings (SSSR count). The molecule has 3 heteroatoms. The molecule has 0 unspecified atom stereocenters. The average Bonchev–Trinajstić information content (AvgIpc) is 2.81. The van der Waals surface area contributed by atoms with Crippen LogP contribution in [-0.2, 0) is 0 Å². The number of aryl methyl sites for hydroxylation is 2. The van der Waals surface area contributed by atoms with Crippen LogP contribution in [0, 0.1) is 19.8 Å². The lowest BCUT2D eigenvalue weighted by atomic mass is 9.76. The van der Waals surface area contributed by atoms with Gasteiger partial charge in [0.1, 0.15) is 11.5 Å². The lowest BCUT2D eigenvalue weighted by Gasteiger charge is -2.21. The van der Waals surface area contributed by atoms with Crippen LogP contribution in [0.25, 0.3) is 0 Å². The molecule has 2 aliphatic rings. The van der Waals surface area contributed by atoms with Crippen molar-refractivity contribution in [2.75, 3.05) is 0 Å². The van der Waals surface area contributed by atoms with E-state index in [2.05, 4.69) is 26.0 Å². The minimum absolute atomic E-state index is 0.0579. The Morgan fingerprint density at radius 3 is 2.68 bits per heavy atom. The lowest BCUT2D eigenvalue weighted by Crippen LogP contribution is -2.25. The van der Waals surface area contributed by atoms with Gasteiger partial charge in [0.05, 0.1) is 0 Å². The predicted molar refractivity (Wildman–Crippen MR) is 78.9 cm³/mol. The first-order valence-electron chi connectivity index (χ1n) is 7.67. The third-order valence-electron chi connectivity index (χ3n) is 4.43.